The molecule has 0 amide bonds. The Morgan fingerprint density at radius 2 is 1.94 bits per heavy atom. The van der Waals surface area contributed by atoms with E-state index in [1.807, 2.05) is 27.7 Å². The highest BCUT2D eigenvalue weighted by Crippen LogP contribution is 2.21. The minimum atomic E-state index is -3.49. The third-order valence-electron chi connectivity index (χ3n) is 2.89. The molecule has 0 aliphatic carbocycles. The molecule has 0 radical (unpaired) electrons. The first-order chi connectivity index (χ1) is 7.54. The van der Waals surface area contributed by atoms with Gasteiger partial charge in [-0.05, 0) is 19.3 Å². The predicted molar refractivity (Wildman–Crippen MR) is 67.2 cm³/mol. The zero-order valence-electron chi connectivity index (χ0n) is 11.3. The summed E-state index contributed by atoms with van der Waals surface area (Å²) in [5, 5.41) is 4.04. The van der Waals surface area contributed by atoms with Gasteiger partial charge in [0.25, 0.3) is 0 Å². The minimum Gasteiger partial charge on any atom is -0.274 e. The van der Waals surface area contributed by atoms with E-state index in [1.54, 1.807) is 14.0 Å². The van der Waals surface area contributed by atoms with Crippen LogP contribution in [-0.2, 0) is 17.1 Å². The molecule has 17 heavy (non-hydrogen) atoms. The lowest BCUT2D eigenvalue weighted by atomic mass is 9.89. The van der Waals surface area contributed by atoms with Crippen LogP contribution in [0.2, 0.25) is 0 Å². The highest BCUT2D eigenvalue weighted by Gasteiger charge is 2.27. The van der Waals surface area contributed by atoms with Crippen molar-refractivity contribution in [1.82, 2.24) is 14.5 Å². The molecule has 1 atom stereocenters. The molecule has 0 spiro atoms. The summed E-state index contributed by atoms with van der Waals surface area (Å²) in [5.41, 5.74) is 0.393. The average Bonchev–Trinajstić information content (AvgIpc) is 2.43. The Hall–Kier alpha value is -0.880. The smallest absolute Gasteiger partial charge is 0.244 e. The average molecular weight is 259 g/mol. The summed E-state index contributed by atoms with van der Waals surface area (Å²) in [4.78, 5) is 0.246. The standard InChI is InChI=1S/C11H21N3O2S/c1-8-10(7-14(6)12-8)17(15,16)13-9(2)11(3,4)5/h7,9,13H,1-6H3. The van der Waals surface area contributed by atoms with Crippen LogP contribution >= 0.6 is 0 Å². The van der Waals surface area contributed by atoms with Crippen LogP contribution in [-0.4, -0.2) is 24.2 Å². The SMILES string of the molecule is Cc1nn(C)cc1S(=O)(=O)NC(C)C(C)(C)C. The summed E-state index contributed by atoms with van der Waals surface area (Å²) in [6.07, 6.45) is 1.52. The van der Waals surface area contributed by atoms with Gasteiger partial charge in [0, 0.05) is 19.3 Å². The molecule has 0 saturated carbocycles. The van der Waals surface area contributed by atoms with E-state index in [4.69, 9.17) is 0 Å². The van der Waals surface area contributed by atoms with Crippen LogP contribution in [0.25, 0.3) is 0 Å². The summed E-state index contributed by atoms with van der Waals surface area (Å²) in [6, 6.07) is -0.146. The molecule has 1 unspecified atom stereocenters. The quantitative estimate of drug-likeness (QED) is 0.893. The molecule has 0 fully saturated rings. The maximum atomic E-state index is 12.2. The van der Waals surface area contributed by atoms with Gasteiger partial charge in [-0.1, -0.05) is 20.8 Å². The maximum absolute atomic E-state index is 12.2. The van der Waals surface area contributed by atoms with Crippen LogP contribution in [0.3, 0.4) is 0 Å². The van der Waals surface area contributed by atoms with E-state index in [9.17, 15) is 8.42 Å². The van der Waals surface area contributed by atoms with Crippen molar-refractivity contribution in [1.29, 1.82) is 0 Å². The molecule has 0 saturated heterocycles. The van der Waals surface area contributed by atoms with E-state index in [1.165, 1.54) is 10.9 Å². The molecule has 1 heterocycles. The highest BCUT2D eigenvalue weighted by molar-refractivity contribution is 7.89. The number of sulfonamides is 1. The summed E-state index contributed by atoms with van der Waals surface area (Å²) in [6.45, 7) is 9.54. The minimum absolute atomic E-state index is 0.122. The van der Waals surface area contributed by atoms with E-state index < -0.39 is 10.0 Å². The van der Waals surface area contributed by atoms with E-state index in [2.05, 4.69) is 9.82 Å². The largest absolute Gasteiger partial charge is 0.274 e. The first kappa shape index (κ1) is 14.2. The van der Waals surface area contributed by atoms with Gasteiger partial charge in [-0.3, -0.25) is 4.68 Å². The molecule has 1 rings (SSSR count). The monoisotopic (exact) mass is 259 g/mol. The molecule has 98 valence electrons. The van der Waals surface area contributed by atoms with Crippen molar-refractivity contribution in [2.24, 2.45) is 12.5 Å². The number of nitrogens with zero attached hydrogens (tertiary/aromatic N) is 2. The van der Waals surface area contributed by atoms with Crippen molar-refractivity contribution < 1.29 is 8.42 Å². The van der Waals surface area contributed by atoms with Gasteiger partial charge in [0.15, 0.2) is 0 Å². The Bertz CT molecular complexity index is 497. The van der Waals surface area contributed by atoms with Crippen molar-refractivity contribution in [2.75, 3.05) is 0 Å². The van der Waals surface area contributed by atoms with E-state index in [0.29, 0.717) is 5.69 Å². The molecule has 0 aliphatic heterocycles. The topological polar surface area (TPSA) is 64.0 Å². The van der Waals surface area contributed by atoms with Crippen molar-refractivity contribution in [3.63, 3.8) is 0 Å². The normalized spacial score (nSPS) is 14.9. The van der Waals surface area contributed by atoms with Gasteiger partial charge in [-0.15, -0.1) is 0 Å². The summed E-state index contributed by atoms with van der Waals surface area (Å²) in [5.74, 6) is 0. The molecule has 5 nitrogen and oxygen atoms in total. The van der Waals surface area contributed by atoms with Gasteiger partial charge in [0.2, 0.25) is 10.0 Å². The number of nitrogens with one attached hydrogen (secondary N) is 1. The first-order valence-electron chi connectivity index (χ1n) is 5.56. The summed E-state index contributed by atoms with van der Waals surface area (Å²) < 4.78 is 28.5. The number of rotatable bonds is 3. The van der Waals surface area contributed by atoms with Gasteiger partial charge in [-0.2, -0.15) is 5.10 Å². The highest BCUT2D eigenvalue weighted by atomic mass is 32.2. The van der Waals surface area contributed by atoms with Crippen molar-refractivity contribution in [2.45, 2.75) is 45.6 Å². The zero-order chi connectivity index (χ0) is 13.4. The summed E-state index contributed by atoms with van der Waals surface area (Å²) >= 11 is 0. The number of hydrogen-bond acceptors (Lipinski definition) is 3. The van der Waals surface area contributed by atoms with Crippen molar-refractivity contribution in [3.8, 4) is 0 Å². The molecule has 0 aliphatic rings. The van der Waals surface area contributed by atoms with Gasteiger partial charge in [-0.25, -0.2) is 13.1 Å². The van der Waals surface area contributed by atoms with Crippen molar-refractivity contribution >= 4 is 10.0 Å². The van der Waals surface area contributed by atoms with Gasteiger partial charge < -0.3 is 0 Å². The molecular weight excluding hydrogens is 238 g/mol. The molecule has 6 heteroatoms. The van der Waals surface area contributed by atoms with Gasteiger partial charge in [0.1, 0.15) is 4.90 Å². The van der Waals surface area contributed by atoms with Gasteiger partial charge in [0.05, 0.1) is 5.69 Å². The predicted octanol–water partition coefficient (Wildman–Crippen LogP) is 1.44. The number of hydrogen-bond donors (Lipinski definition) is 1. The lowest BCUT2D eigenvalue weighted by Gasteiger charge is -2.27. The Balaban J connectivity index is 3.02. The molecule has 0 bridgehead atoms. The summed E-state index contributed by atoms with van der Waals surface area (Å²) in [7, 11) is -1.78. The van der Waals surface area contributed by atoms with Crippen LogP contribution in [0.4, 0.5) is 0 Å². The van der Waals surface area contributed by atoms with E-state index >= 15 is 0 Å². The number of aryl methyl sites for hydroxylation is 2. The fraction of sp³-hybridized carbons (Fsp3) is 0.727. The molecular formula is C11H21N3O2S. The van der Waals surface area contributed by atoms with Crippen LogP contribution in [0.1, 0.15) is 33.4 Å². The lowest BCUT2D eigenvalue weighted by molar-refractivity contribution is 0.317. The number of aromatic nitrogens is 2. The third-order valence-corrected chi connectivity index (χ3v) is 4.53. The Morgan fingerprint density at radius 1 is 1.41 bits per heavy atom. The zero-order valence-corrected chi connectivity index (χ0v) is 12.1. The van der Waals surface area contributed by atoms with Crippen LogP contribution in [0, 0.1) is 12.3 Å². The molecule has 0 aromatic carbocycles. The van der Waals surface area contributed by atoms with Crippen LogP contribution < -0.4 is 4.72 Å². The first-order valence-corrected chi connectivity index (χ1v) is 7.05. The van der Waals surface area contributed by atoms with E-state index in [0.717, 1.165) is 0 Å². The second kappa shape index (κ2) is 4.42. The Morgan fingerprint density at radius 3 is 2.29 bits per heavy atom. The molecule has 1 N–H and O–H groups in total. The van der Waals surface area contributed by atoms with Crippen LogP contribution in [0.5, 0.6) is 0 Å². The van der Waals surface area contributed by atoms with Crippen LogP contribution in [0.15, 0.2) is 11.1 Å². The Labute approximate surface area is 103 Å². The van der Waals surface area contributed by atoms with Gasteiger partial charge >= 0.3 is 0 Å². The molecule has 1 aromatic rings. The van der Waals surface area contributed by atoms with Crippen molar-refractivity contribution in [3.05, 3.63) is 11.9 Å². The Kier molecular flexibility index (Phi) is 3.69. The molecule has 1 aromatic heterocycles. The lowest BCUT2D eigenvalue weighted by Crippen LogP contribution is -2.41. The third kappa shape index (κ3) is 3.29. The second-order valence-corrected chi connectivity index (χ2v) is 7.14. The van der Waals surface area contributed by atoms with E-state index in [-0.39, 0.29) is 16.4 Å². The maximum Gasteiger partial charge on any atom is 0.244 e. The second-order valence-electron chi connectivity index (χ2n) is 5.46. The fourth-order valence-corrected chi connectivity index (χ4v) is 2.98. The fourth-order valence-electron chi connectivity index (χ4n) is 1.31.